The van der Waals surface area contributed by atoms with Gasteiger partial charge < -0.3 is 4.74 Å². The maximum atomic E-state index is 12.8. The smallest absolute Gasteiger partial charge is 0.413 e. The summed E-state index contributed by atoms with van der Waals surface area (Å²) in [6, 6.07) is 12.9. The fourth-order valence-electron chi connectivity index (χ4n) is 2.39. The van der Waals surface area contributed by atoms with E-state index in [9.17, 15) is 13.2 Å². The summed E-state index contributed by atoms with van der Waals surface area (Å²) in [5.74, 6) is 0.279. The van der Waals surface area contributed by atoms with Crippen LogP contribution in [0, 0.1) is 0 Å². The molecule has 0 atom stereocenters. The number of carbonyl (C=O) groups excluding carboxylic acids is 1. The van der Waals surface area contributed by atoms with Crippen molar-refractivity contribution in [2.24, 2.45) is 0 Å². The molecule has 0 bridgehead atoms. The van der Waals surface area contributed by atoms with Gasteiger partial charge in [0.05, 0.1) is 15.9 Å². The lowest BCUT2D eigenvalue weighted by Crippen LogP contribution is -2.27. The third kappa shape index (κ3) is 3.70. The number of benzene rings is 1. The van der Waals surface area contributed by atoms with E-state index in [0.717, 1.165) is 0 Å². The quantitative estimate of drug-likeness (QED) is 0.757. The fraction of sp³-hybridized carbons (Fsp3) is 0.222. The van der Waals surface area contributed by atoms with Crippen molar-refractivity contribution >= 4 is 33.0 Å². The largest absolute Gasteiger partial charge is 0.444 e. The zero-order valence-electron chi connectivity index (χ0n) is 14.6. The molecule has 1 N–H and O–H groups in total. The predicted octanol–water partition coefficient (Wildman–Crippen LogP) is 3.62. The lowest BCUT2D eigenvalue weighted by atomic mass is 10.2. The van der Waals surface area contributed by atoms with E-state index in [0.29, 0.717) is 11.0 Å². The van der Waals surface area contributed by atoms with Crippen LogP contribution in [0.1, 0.15) is 20.8 Å². The summed E-state index contributed by atoms with van der Waals surface area (Å²) in [6.07, 6.45) is 0.817. The molecule has 3 rings (SSSR count). The average Bonchev–Trinajstić information content (AvgIpc) is 2.97. The standard InChI is InChI=1S/C18H19N3O4S/c1-18(2,3)25-17(22)20-16-10-9-15-14(19-16)11-12-21(15)26(23,24)13-7-5-4-6-8-13/h4-12H,1-3H3,(H,19,20,22). The predicted molar refractivity (Wildman–Crippen MR) is 98.6 cm³/mol. The summed E-state index contributed by atoms with van der Waals surface area (Å²) in [5, 5.41) is 2.54. The summed E-state index contributed by atoms with van der Waals surface area (Å²) >= 11 is 0. The highest BCUT2D eigenvalue weighted by molar-refractivity contribution is 7.90. The summed E-state index contributed by atoms with van der Waals surface area (Å²) in [7, 11) is -3.72. The minimum atomic E-state index is -3.72. The minimum Gasteiger partial charge on any atom is -0.444 e. The van der Waals surface area contributed by atoms with Crippen molar-refractivity contribution in [3.8, 4) is 0 Å². The summed E-state index contributed by atoms with van der Waals surface area (Å²) in [6.45, 7) is 5.28. The number of fused-ring (bicyclic) bond motifs is 1. The van der Waals surface area contributed by atoms with Gasteiger partial charge in [0.25, 0.3) is 10.0 Å². The molecule has 0 spiro atoms. The monoisotopic (exact) mass is 373 g/mol. The molecule has 1 aromatic carbocycles. The Hall–Kier alpha value is -2.87. The van der Waals surface area contributed by atoms with E-state index in [1.54, 1.807) is 51.1 Å². The maximum absolute atomic E-state index is 12.8. The first-order chi connectivity index (χ1) is 12.2. The fourth-order valence-corrected chi connectivity index (χ4v) is 3.75. The van der Waals surface area contributed by atoms with Gasteiger partial charge in [-0.1, -0.05) is 18.2 Å². The Morgan fingerprint density at radius 1 is 1.08 bits per heavy atom. The molecule has 0 radical (unpaired) electrons. The minimum absolute atomic E-state index is 0.188. The van der Waals surface area contributed by atoms with E-state index in [4.69, 9.17) is 4.74 Å². The number of ether oxygens (including phenoxy) is 1. The molecule has 0 unspecified atom stereocenters. The Morgan fingerprint density at radius 2 is 1.77 bits per heavy atom. The van der Waals surface area contributed by atoms with Crippen molar-refractivity contribution < 1.29 is 17.9 Å². The molecule has 0 fully saturated rings. The lowest BCUT2D eigenvalue weighted by Gasteiger charge is -2.19. The van der Waals surface area contributed by atoms with Crippen molar-refractivity contribution in [3.63, 3.8) is 0 Å². The Kier molecular flexibility index (Phi) is 4.45. The van der Waals surface area contributed by atoms with Gasteiger partial charge in [0.2, 0.25) is 0 Å². The van der Waals surface area contributed by atoms with Crippen molar-refractivity contribution in [1.82, 2.24) is 8.96 Å². The van der Waals surface area contributed by atoms with Gasteiger partial charge in [-0.15, -0.1) is 0 Å². The Balaban J connectivity index is 1.92. The topological polar surface area (TPSA) is 90.3 Å². The molecule has 26 heavy (non-hydrogen) atoms. The molecule has 1 amide bonds. The van der Waals surface area contributed by atoms with E-state index in [-0.39, 0.29) is 10.7 Å². The van der Waals surface area contributed by atoms with Crippen LogP contribution in [-0.4, -0.2) is 29.1 Å². The number of rotatable bonds is 3. The number of carbonyl (C=O) groups is 1. The lowest BCUT2D eigenvalue weighted by molar-refractivity contribution is 0.0635. The Morgan fingerprint density at radius 3 is 2.42 bits per heavy atom. The zero-order chi connectivity index (χ0) is 18.9. The maximum Gasteiger partial charge on any atom is 0.413 e. The Labute approximate surface area is 151 Å². The third-order valence-corrected chi connectivity index (χ3v) is 5.14. The van der Waals surface area contributed by atoms with Gasteiger partial charge in [-0.25, -0.2) is 22.2 Å². The van der Waals surface area contributed by atoms with Crippen molar-refractivity contribution in [2.45, 2.75) is 31.3 Å². The normalized spacial score (nSPS) is 12.1. The number of nitrogens with zero attached hydrogens (tertiary/aromatic N) is 2. The molecule has 0 saturated heterocycles. The first-order valence-corrected chi connectivity index (χ1v) is 9.39. The SMILES string of the molecule is CC(C)(C)OC(=O)Nc1ccc2c(ccn2S(=O)(=O)c2ccccc2)n1. The Bertz CT molecular complexity index is 1050. The second kappa shape index (κ2) is 6.45. The second-order valence-corrected chi connectivity index (χ2v) is 8.47. The number of hydrogen-bond donors (Lipinski definition) is 1. The number of pyridine rings is 1. The van der Waals surface area contributed by atoms with Crippen LogP contribution >= 0.6 is 0 Å². The van der Waals surface area contributed by atoms with Gasteiger partial charge in [-0.3, -0.25) is 5.32 Å². The first kappa shape index (κ1) is 17.9. The number of amides is 1. The number of hydrogen-bond acceptors (Lipinski definition) is 5. The van der Waals surface area contributed by atoms with E-state index in [2.05, 4.69) is 10.3 Å². The van der Waals surface area contributed by atoms with Gasteiger partial charge in [0.1, 0.15) is 11.4 Å². The van der Waals surface area contributed by atoms with Crippen LogP contribution in [-0.2, 0) is 14.8 Å². The highest BCUT2D eigenvalue weighted by Crippen LogP contribution is 2.22. The molecule has 7 nitrogen and oxygen atoms in total. The van der Waals surface area contributed by atoms with E-state index < -0.39 is 21.7 Å². The molecule has 2 aromatic heterocycles. The second-order valence-electron chi connectivity index (χ2n) is 6.66. The van der Waals surface area contributed by atoms with Gasteiger partial charge >= 0.3 is 6.09 Å². The van der Waals surface area contributed by atoms with Crippen LogP contribution in [0.25, 0.3) is 11.0 Å². The zero-order valence-corrected chi connectivity index (χ0v) is 15.4. The van der Waals surface area contributed by atoms with Crippen LogP contribution in [0.3, 0.4) is 0 Å². The molecule has 0 aliphatic carbocycles. The molecule has 2 heterocycles. The summed E-state index contributed by atoms with van der Waals surface area (Å²) in [4.78, 5) is 16.3. The van der Waals surface area contributed by atoms with Crippen LogP contribution in [0.5, 0.6) is 0 Å². The average molecular weight is 373 g/mol. The molecule has 0 saturated carbocycles. The van der Waals surface area contributed by atoms with E-state index in [1.807, 2.05) is 0 Å². The molecule has 136 valence electrons. The van der Waals surface area contributed by atoms with Crippen LogP contribution < -0.4 is 5.32 Å². The van der Waals surface area contributed by atoms with Crippen molar-refractivity contribution in [1.29, 1.82) is 0 Å². The van der Waals surface area contributed by atoms with Gasteiger partial charge in [-0.2, -0.15) is 0 Å². The van der Waals surface area contributed by atoms with Gasteiger partial charge in [0.15, 0.2) is 0 Å². The molecular weight excluding hydrogens is 354 g/mol. The molecule has 0 aliphatic heterocycles. The van der Waals surface area contributed by atoms with Crippen molar-refractivity contribution in [2.75, 3.05) is 5.32 Å². The highest BCUT2D eigenvalue weighted by Gasteiger charge is 2.20. The highest BCUT2D eigenvalue weighted by atomic mass is 32.2. The number of anilines is 1. The molecule has 3 aromatic rings. The van der Waals surface area contributed by atoms with Gasteiger partial charge in [0, 0.05) is 6.20 Å². The van der Waals surface area contributed by atoms with Crippen LogP contribution in [0.15, 0.2) is 59.6 Å². The van der Waals surface area contributed by atoms with E-state index >= 15 is 0 Å². The molecular formula is C18H19N3O4S. The van der Waals surface area contributed by atoms with Crippen LogP contribution in [0.4, 0.5) is 10.6 Å². The number of aromatic nitrogens is 2. The number of nitrogens with one attached hydrogen (secondary N) is 1. The molecule has 8 heteroatoms. The van der Waals surface area contributed by atoms with Crippen molar-refractivity contribution in [3.05, 3.63) is 54.7 Å². The van der Waals surface area contributed by atoms with E-state index in [1.165, 1.54) is 28.4 Å². The third-order valence-electron chi connectivity index (χ3n) is 3.44. The van der Waals surface area contributed by atoms with Gasteiger partial charge in [-0.05, 0) is 51.1 Å². The van der Waals surface area contributed by atoms with Crippen LogP contribution in [0.2, 0.25) is 0 Å². The first-order valence-electron chi connectivity index (χ1n) is 7.95. The summed E-state index contributed by atoms with van der Waals surface area (Å²) in [5.41, 5.74) is 0.239. The summed E-state index contributed by atoms with van der Waals surface area (Å²) < 4.78 is 31.9. The molecule has 0 aliphatic rings.